The van der Waals surface area contributed by atoms with Gasteiger partial charge < -0.3 is 9.51 Å². The van der Waals surface area contributed by atoms with Crippen molar-refractivity contribution in [3.8, 4) is 22.8 Å². The fraction of sp³-hybridized carbons (Fsp3) is 0.167. The molecule has 0 saturated carbocycles. The monoisotopic (exact) mass is 311 g/mol. The molecule has 0 bridgehead atoms. The number of aryl methyl sites for hydroxylation is 1. The van der Waals surface area contributed by atoms with Gasteiger partial charge in [0.25, 0.3) is 5.89 Å². The van der Waals surface area contributed by atoms with E-state index >= 15 is 0 Å². The molecule has 0 aliphatic rings. The van der Waals surface area contributed by atoms with Gasteiger partial charge in [-0.15, -0.1) is 0 Å². The highest BCUT2D eigenvalue weighted by atomic mass is 19.4. The number of pyridine rings is 1. The summed E-state index contributed by atoms with van der Waals surface area (Å²) in [5, 5.41) is 6.98. The number of nitrogens with one attached hydrogen (secondary N) is 1. The molecule has 3 rings (SSSR count). The molecule has 3 heterocycles. The molecule has 7 nitrogen and oxygen atoms in total. The lowest BCUT2D eigenvalue weighted by Crippen LogP contribution is -2.08. The molecular weight excluding hydrogens is 303 g/mol. The molecule has 22 heavy (non-hydrogen) atoms. The Labute approximate surface area is 120 Å². The van der Waals surface area contributed by atoms with E-state index in [4.69, 9.17) is 4.52 Å². The Bertz CT molecular complexity index is 857. The molecule has 0 radical (unpaired) electrons. The summed E-state index contributed by atoms with van der Waals surface area (Å²) in [6.07, 6.45) is -2.15. The Balaban J connectivity index is 2.05. The van der Waals surface area contributed by atoms with Gasteiger partial charge in [-0.2, -0.15) is 23.3 Å². The molecule has 0 fully saturated rings. The number of aromatic amines is 1. The van der Waals surface area contributed by atoms with E-state index in [0.717, 1.165) is 10.9 Å². The van der Waals surface area contributed by atoms with Crippen LogP contribution < -0.4 is 5.56 Å². The Morgan fingerprint density at radius 3 is 2.73 bits per heavy atom. The van der Waals surface area contributed by atoms with Crippen LogP contribution in [-0.4, -0.2) is 24.9 Å². The van der Waals surface area contributed by atoms with Crippen molar-refractivity contribution in [1.82, 2.24) is 24.9 Å². The number of hydrogen-bond acceptors (Lipinski definition) is 5. The lowest BCUT2D eigenvalue weighted by molar-refractivity contribution is -0.141. The van der Waals surface area contributed by atoms with Gasteiger partial charge in [-0.1, -0.05) is 5.16 Å². The predicted molar refractivity (Wildman–Crippen MR) is 67.6 cm³/mol. The molecule has 1 N–H and O–H groups in total. The number of rotatable bonds is 2. The lowest BCUT2D eigenvalue weighted by atomic mass is 10.2. The normalized spacial score (nSPS) is 11.8. The molecule has 3 aromatic heterocycles. The highest BCUT2D eigenvalue weighted by Gasteiger charge is 2.38. The number of halogens is 3. The quantitative estimate of drug-likeness (QED) is 0.780. The summed E-state index contributed by atoms with van der Waals surface area (Å²) in [6, 6.07) is 2.68. The van der Waals surface area contributed by atoms with Crippen molar-refractivity contribution in [2.45, 2.75) is 6.18 Å². The van der Waals surface area contributed by atoms with Crippen molar-refractivity contribution < 1.29 is 17.7 Å². The average Bonchev–Trinajstić information content (AvgIpc) is 3.05. The Kier molecular flexibility index (Phi) is 3.08. The number of alkyl halides is 3. The molecule has 3 aromatic rings. The number of nitrogens with zero attached hydrogens (tertiary/aromatic N) is 4. The van der Waals surface area contributed by atoms with Crippen molar-refractivity contribution in [3.63, 3.8) is 0 Å². The second-order valence-electron chi connectivity index (χ2n) is 4.43. The summed E-state index contributed by atoms with van der Waals surface area (Å²) in [7, 11) is 1.36. The first kappa shape index (κ1) is 14.0. The van der Waals surface area contributed by atoms with E-state index < -0.39 is 11.9 Å². The van der Waals surface area contributed by atoms with Crippen molar-refractivity contribution in [3.05, 3.63) is 40.6 Å². The zero-order valence-electron chi connectivity index (χ0n) is 11.0. The van der Waals surface area contributed by atoms with Gasteiger partial charge in [0.1, 0.15) is 0 Å². The zero-order valence-corrected chi connectivity index (χ0v) is 11.0. The summed E-state index contributed by atoms with van der Waals surface area (Å²) in [5.74, 6) is -0.246. The minimum atomic E-state index is -4.64. The van der Waals surface area contributed by atoms with Gasteiger partial charge in [-0.3, -0.25) is 9.48 Å². The second-order valence-corrected chi connectivity index (χ2v) is 4.43. The third-order valence-corrected chi connectivity index (χ3v) is 2.80. The molecular formula is C12H8F3N5O2. The van der Waals surface area contributed by atoms with Crippen LogP contribution in [0.4, 0.5) is 13.2 Å². The van der Waals surface area contributed by atoms with E-state index in [1.165, 1.54) is 25.4 Å². The van der Waals surface area contributed by atoms with Gasteiger partial charge in [-0.25, -0.2) is 0 Å². The van der Waals surface area contributed by atoms with Crippen LogP contribution in [0.2, 0.25) is 0 Å². The maximum absolute atomic E-state index is 12.9. The van der Waals surface area contributed by atoms with Crippen LogP contribution in [0.1, 0.15) is 5.69 Å². The van der Waals surface area contributed by atoms with Gasteiger partial charge in [0, 0.05) is 31.1 Å². The molecule has 0 aliphatic carbocycles. The minimum Gasteiger partial charge on any atom is -0.333 e. The van der Waals surface area contributed by atoms with Crippen molar-refractivity contribution in [2.24, 2.45) is 7.05 Å². The van der Waals surface area contributed by atoms with Crippen molar-refractivity contribution in [2.75, 3.05) is 0 Å². The summed E-state index contributed by atoms with van der Waals surface area (Å²) < 4.78 is 44.6. The van der Waals surface area contributed by atoms with Crippen LogP contribution in [0.25, 0.3) is 22.8 Å². The van der Waals surface area contributed by atoms with E-state index in [1.54, 1.807) is 0 Å². The maximum atomic E-state index is 12.9. The standard InChI is InChI=1S/C12H8F3N5O2/c1-20-5-7(9(18-20)12(13,14)15)11-17-10(19-22-11)6-2-3-8(21)16-4-6/h2-5H,1H3,(H,16,21). The van der Waals surface area contributed by atoms with Gasteiger partial charge in [0.05, 0.1) is 5.56 Å². The summed E-state index contributed by atoms with van der Waals surface area (Å²) in [6.45, 7) is 0. The van der Waals surface area contributed by atoms with Gasteiger partial charge in [0.2, 0.25) is 11.4 Å². The molecule has 10 heteroatoms. The number of hydrogen-bond donors (Lipinski definition) is 1. The molecule has 0 spiro atoms. The summed E-state index contributed by atoms with van der Waals surface area (Å²) >= 11 is 0. The van der Waals surface area contributed by atoms with E-state index in [2.05, 4.69) is 20.2 Å². The third kappa shape index (κ3) is 2.50. The Hall–Kier alpha value is -2.91. The first-order chi connectivity index (χ1) is 10.3. The van der Waals surface area contributed by atoms with Gasteiger partial charge in [-0.05, 0) is 6.07 Å². The number of aromatic nitrogens is 5. The first-order valence-corrected chi connectivity index (χ1v) is 5.98. The third-order valence-electron chi connectivity index (χ3n) is 2.80. The van der Waals surface area contributed by atoms with Crippen LogP contribution in [-0.2, 0) is 13.2 Å². The number of H-pyrrole nitrogens is 1. The Morgan fingerprint density at radius 1 is 1.32 bits per heavy atom. The van der Waals surface area contributed by atoms with E-state index in [0.29, 0.717) is 5.56 Å². The fourth-order valence-electron chi connectivity index (χ4n) is 1.85. The Morgan fingerprint density at radius 2 is 2.09 bits per heavy atom. The largest absolute Gasteiger partial charge is 0.435 e. The maximum Gasteiger partial charge on any atom is 0.435 e. The van der Waals surface area contributed by atoms with Crippen LogP contribution in [0.15, 0.2) is 33.8 Å². The van der Waals surface area contributed by atoms with Gasteiger partial charge in [0.15, 0.2) is 5.69 Å². The SMILES string of the molecule is Cn1cc(-c2nc(-c3ccc(=O)[nH]c3)no2)c(C(F)(F)F)n1. The average molecular weight is 311 g/mol. The topological polar surface area (TPSA) is 89.6 Å². The van der Waals surface area contributed by atoms with E-state index in [9.17, 15) is 18.0 Å². The predicted octanol–water partition coefficient (Wildman–Crippen LogP) is 1.84. The highest BCUT2D eigenvalue weighted by molar-refractivity contribution is 5.60. The smallest absolute Gasteiger partial charge is 0.333 e. The molecule has 0 atom stereocenters. The lowest BCUT2D eigenvalue weighted by Gasteiger charge is -2.02. The van der Waals surface area contributed by atoms with Crippen LogP contribution >= 0.6 is 0 Å². The fourth-order valence-corrected chi connectivity index (χ4v) is 1.85. The van der Waals surface area contributed by atoms with Gasteiger partial charge >= 0.3 is 6.18 Å². The van der Waals surface area contributed by atoms with Crippen LogP contribution in [0.5, 0.6) is 0 Å². The van der Waals surface area contributed by atoms with Crippen LogP contribution in [0.3, 0.4) is 0 Å². The minimum absolute atomic E-state index is 0.0585. The van der Waals surface area contributed by atoms with Crippen molar-refractivity contribution in [1.29, 1.82) is 0 Å². The molecule has 114 valence electrons. The second kappa shape index (κ2) is 4.83. The molecule has 0 saturated heterocycles. The molecule has 0 amide bonds. The molecule has 0 unspecified atom stereocenters. The van der Waals surface area contributed by atoms with E-state index in [-0.39, 0.29) is 22.8 Å². The van der Waals surface area contributed by atoms with E-state index in [1.807, 2.05) is 0 Å². The molecule has 0 aliphatic heterocycles. The van der Waals surface area contributed by atoms with Crippen molar-refractivity contribution >= 4 is 0 Å². The summed E-state index contributed by atoms with van der Waals surface area (Å²) in [4.78, 5) is 17.3. The van der Waals surface area contributed by atoms with Crippen LogP contribution in [0, 0.1) is 0 Å². The molecule has 0 aromatic carbocycles. The highest BCUT2D eigenvalue weighted by Crippen LogP contribution is 2.35. The summed E-state index contributed by atoms with van der Waals surface area (Å²) in [5.41, 5.74) is -1.32. The first-order valence-electron chi connectivity index (χ1n) is 5.98. The zero-order chi connectivity index (χ0) is 15.9.